The van der Waals surface area contributed by atoms with E-state index in [9.17, 15) is 14.7 Å². The first kappa shape index (κ1) is 15.0. The monoisotopic (exact) mass is 251 g/mol. The molecule has 0 heterocycles. The largest absolute Gasteiger partial charge is 0.479 e. The van der Waals surface area contributed by atoms with Gasteiger partial charge in [-0.25, -0.2) is 9.59 Å². The lowest BCUT2D eigenvalue weighted by Crippen LogP contribution is -2.49. The van der Waals surface area contributed by atoms with Crippen molar-refractivity contribution in [2.75, 3.05) is 5.75 Å². The number of alkyl carbamates (subject to hydrolysis) is 1. The van der Waals surface area contributed by atoms with Gasteiger partial charge in [0.25, 0.3) is 0 Å². The Hall–Kier alpha value is -0.950. The Morgan fingerprint density at radius 1 is 1.44 bits per heavy atom. The smallest absolute Gasteiger partial charge is 0.408 e. The van der Waals surface area contributed by atoms with Gasteiger partial charge in [0.1, 0.15) is 5.60 Å². The molecule has 1 amide bonds. The quantitative estimate of drug-likeness (QED) is 0.537. The van der Waals surface area contributed by atoms with E-state index in [1.54, 1.807) is 20.8 Å². The van der Waals surface area contributed by atoms with Gasteiger partial charge in [-0.1, -0.05) is 0 Å². The minimum Gasteiger partial charge on any atom is -0.479 e. The number of hydrogen-bond donors (Lipinski definition) is 4. The number of aliphatic hydroxyl groups excluding tert-OH is 1. The number of hydrogen-bond acceptors (Lipinski definition) is 5. The minimum atomic E-state index is -1.70. The molecule has 0 fully saturated rings. The molecule has 0 spiro atoms. The fourth-order valence-corrected chi connectivity index (χ4v) is 1.15. The van der Waals surface area contributed by atoms with E-state index in [4.69, 9.17) is 9.84 Å². The van der Waals surface area contributed by atoms with Crippen LogP contribution in [0.15, 0.2) is 0 Å². The second-order valence-electron chi connectivity index (χ2n) is 4.22. The van der Waals surface area contributed by atoms with Crippen molar-refractivity contribution in [3.05, 3.63) is 0 Å². The molecule has 0 aliphatic heterocycles. The Morgan fingerprint density at radius 3 is 2.25 bits per heavy atom. The molecule has 0 saturated heterocycles. The Kier molecular flexibility index (Phi) is 5.60. The van der Waals surface area contributed by atoms with Crippen molar-refractivity contribution in [3.8, 4) is 0 Å². The van der Waals surface area contributed by atoms with Crippen LogP contribution in [0.25, 0.3) is 0 Å². The van der Waals surface area contributed by atoms with Crippen LogP contribution in [0.1, 0.15) is 20.8 Å². The van der Waals surface area contributed by atoms with Crippen LogP contribution in [-0.2, 0) is 9.53 Å². The maximum atomic E-state index is 11.3. The van der Waals surface area contributed by atoms with Crippen LogP contribution in [0.4, 0.5) is 4.79 Å². The lowest BCUT2D eigenvalue weighted by molar-refractivity contribution is -0.147. The average Bonchev–Trinajstić information content (AvgIpc) is 2.09. The molecule has 3 N–H and O–H groups in total. The van der Waals surface area contributed by atoms with Crippen LogP contribution in [0.3, 0.4) is 0 Å². The molecule has 94 valence electrons. The number of carboxylic acid groups (broad SMARTS) is 1. The molecular weight excluding hydrogens is 234 g/mol. The molecule has 0 aromatic rings. The molecule has 2 atom stereocenters. The maximum Gasteiger partial charge on any atom is 0.408 e. The van der Waals surface area contributed by atoms with Crippen molar-refractivity contribution >= 4 is 24.7 Å². The first-order valence-electron chi connectivity index (χ1n) is 4.68. The number of rotatable bonds is 4. The molecule has 0 radical (unpaired) electrons. The van der Waals surface area contributed by atoms with E-state index in [0.29, 0.717) is 0 Å². The predicted molar refractivity (Wildman–Crippen MR) is 60.7 cm³/mol. The molecular formula is C9H17NO5S. The van der Waals surface area contributed by atoms with Crippen molar-refractivity contribution in [1.82, 2.24) is 5.32 Å². The van der Waals surface area contributed by atoms with Gasteiger partial charge >= 0.3 is 12.1 Å². The zero-order valence-electron chi connectivity index (χ0n) is 9.43. The summed E-state index contributed by atoms with van der Waals surface area (Å²) in [6.45, 7) is 5.03. The number of aliphatic carboxylic acids is 1. The van der Waals surface area contributed by atoms with Crippen molar-refractivity contribution in [2.45, 2.75) is 38.5 Å². The van der Waals surface area contributed by atoms with E-state index in [0.717, 1.165) is 0 Å². The molecule has 6 nitrogen and oxygen atoms in total. The van der Waals surface area contributed by atoms with E-state index in [1.807, 2.05) is 0 Å². The molecule has 0 aromatic heterocycles. The Bertz CT molecular complexity index is 263. The molecule has 0 aromatic carbocycles. The zero-order chi connectivity index (χ0) is 12.9. The number of ether oxygens (including phenoxy) is 1. The van der Waals surface area contributed by atoms with Gasteiger partial charge in [0, 0.05) is 5.75 Å². The fraction of sp³-hybridized carbons (Fsp3) is 0.778. The molecule has 7 heteroatoms. The molecule has 0 aliphatic carbocycles. The minimum absolute atomic E-state index is 0.00723. The van der Waals surface area contributed by atoms with Gasteiger partial charge in [0.15, 0.2) is 6.10 Å². The van der Waals surface area contributed by atoms with Crippen molar-refractivity contribution in [1.29, 1.82) is 0 Å². The van der Waals surface area contributed by atoms with E-state index >= 15 is 0 Å². The summed E-state index contributed by atoms with van der Waals surface area (Å²) >= 11 is 3.84. The second-order valence-corrected chi connectivity index (χ2v) is 4.58. The van der Waals surface area contributed by atoms with Gasteiger partial charge < -0.3 is 20.3 Å². The number of thiol groups is 1. The predicted octanol–water partition coefficient (Wildman–Crippen LogP) is 0.255. The third kappa shape index (κ3) is 5.82. The topological polar surface area (TPSA) is 95.9 Å². The summed E-state index contributed by atoms with van der Waals surface area (Å²) in [7, 11) is 0. The molecule has 0 rings (SSSR count). The van der Waals surface area contributed by atoms with E-state index in [2.05, 4.69) is 17.9 Å². The highest BCUT2D eigenvalue weighted by Gasteiger charge is 2.27. The van der Waals surface area contributed by atoms with E-state index < -0.39 is 29.8 Å². The summed E-state index contributed by atoms with van der Waals surface area (Å²) in [5, 5.41) is 20.0. The summed E-state index contributed by atoms with van der Waals surface area (Å²) in [5.74, 6) is -1.43. The van der Waals surface area contributed by atoms with Crippen LogP contribution in [0.2, 0.25) is 0 Å². The van der Waals surface area contributed by atoms with Gasteiger partial charge in [-0.2, -0.15) is 12.6 Å². The highest BCUT2D eigenvalue weighted by Crippen LogP contribution is 2.07. The molecule has 16 heavy (non-hydrogen) atoms. The van der Waals surface area contributed by atoms with Crippen molar-refractivity contribution in [3.63, 3.8) is 0 Å². The van der Waals surface area contributed by atoms with Gasteiger partial charge in [0.2, 0.25) is 0 Å². The number of carbonyl (C=O) groups is 2. The van der Waals surface area contributed by atoms with Crippen LogP contribution in [-0.4, -0.2) is 45.8 Å². The number of carboxylic acids is 1. The SMILES string of the molecule is CC(C)(C)OC(=O)NC(CS)C(O)C(=O)O. The van der Waals surface area contributed by atoms with Gasteiger partial charge in [-0.15, -0.1) is 0 Å². The molecule has 0 bridgehead atoms. The van der Waals surface area contributed by atoms with Crippen LogP contribution < -0.4 is 5.32 Å². The first-order chi connectivity index (χ1) is 7.17. The first-order valence-corrected chi connectivity index (χ1v) is 5.32. The number of carbonyl (C=O) groups excluding carboxylic acids is 1. The zero-order valence-corrected chi connectivity index (χ0v) is 10.3. The van der Waals surface area contributed by atoms with Crippen LogP contribution in [0, 0.1) is 0 Å². The lowest BCUT2D eigenvalue weighted by atomic mass is 10.2. The summed E-state index contributed by atoms with van der Waals surface area (Å²) < 4.78 is 4.91. The molecule has 0 aliphatic rings. The number of nitrogens with one attached hydrogen (secondary N) is 1. The highest BCUT2D eigenvalue weighted by molar-refractivity contribution is 7.80. The Labute approximate surface area is 99.4 Å². The van der Waals surface area contributed by atoms with Gasteiger partial charge in [-0.05, 0) is 20.8 Å². The van der Waals surface area contributed by atoms with Gasteiger partial charge in [-0.3, -0.25) is 0 Å². The van der Waals surface area contributed by atoms with E-state index in [1.165, 1.54) is 0 Å². The third-order valence-electron chi connectivity index (χ3n) is 1.53. The summed E-state index contributed by atoms with van der Waals surface area (Å²) in [6.07, 6.45) is -2.49. The second kappa shape index (κ2) is 5.95. The third-order valence-corrected chi connectivity index (χ3v) is 1.93. The summed E-state index contributed by atoms with van der Waals surface area (Å²) in [6, 6.07) is -0.990. The van der Waals surface area contributed by atoms with Crippen LogP contribution in [0.5, 0.6) is 0 Å². The normalized spacial score (nSPS) is 15.1. The number of amides is 1. The number of aliphatic hydroxyl groups is 1. The Balaban J connectivity index is 4.33. The summed E-state index contributed by atoms with van der Waals surface area (Å²) in [5.41, 5.74) is -0.681. The fourth-order valence-electron chi connectivity index (χ4n) is 0.855. The molecule has 0 saturated carbocycles. The average molecular weight is 251 g/mol. The van der Waals surface area contributed by atoms with Crippen LogP contribution >= 0.6 is 12.6 Å². The maximum absolute atomic E-state index is 11.3. The summed E-state index contributed by atoms with van der Waals surface area (Å²) in [4.78, 5) is 21.8. The highest BCUT2D eigenvalue weighted by atomic mass is 32.1. The molecule has 2 unspecified atom stereocenters. The standard InChI is InChI=1S/C9H17NO5S/c1-9(2,3)15-8(14)10-5(4-16)6(11)7(12)13/h5-6,11,16H,4H2,1-3H3,(H,10,14)(H,12,13). The van der Waals surface area contributed by atoms with Gasteiger partial charge in [0.05, 0.1) is 6.04 Å². The lowest BCUT2D eigenvalue weighted by Gasteiger charge is -2.24. The van der Waals surface area contributed by atoms with Crippen molar-refractivity contribution < 1.29 is 24.5 Å². The van der Waals surface area contributed by atoms with Crippen molar-refractivity contribution in [2.24, 2.45) is 0 Å². The van der Waals surface area contributed by atoms with E-state index in [-0.39, 0.29) is 5.75 Å². The Morgan fingerprint density at radius 2 is 1.94 bits per heavy atom.